The van der Waals surface area contributed by atoms with Crippen LogP contribution in [0.5, 0.6) is 0 Å². The number of rotatable bonds is 7. The number of Topliss-reactive ketones (excluding diaryl/α,β-unsaturated/α-hetero) is 1. The van der Waals surface area contributed by atoms with E-state index >= 15 is 0 Å². The molecule has 1 aromatic rings. The van der Waals surface area contributed by atoms with Crippen LogP contribution in [0.2, 0.25) is 0 Å². The first-order chi connectivity index (χ1) is 9.13. The van der Waals surface area contributed by atoms with Crippen molar-refractivity contribution in [1.29, 1.82) is 0 Å². The first kappa shape index (κ1) is 15.4. The second kappa shape index (κ2) is 7.72. The van der Waals surface area contributed by atoms with Crippen molar-refractivity contribution < 1.29 is 14.3 Å². The molecule has 0 atom stereocenters. The maximum Gasteiger partial charge on any atom is 0.313 e. The summed E-state index contributed by atoms with van der Waals surface area (Å²) in [5.41, 5.74) is 2.89. The maximum absolute atomic E-state index is 12.2. The summed E-state index contributed by atoms with van der Waals surface area (Å²) in [5, 5.41) is 0. The van der Waals surface area contributed by atoms with Gasteiger partial charge in [0.15, 0.2) is 5.78 Å². The average molecular weight is 262 g/mol. The van der Waals surface area contributed by atoms with Crippen molar-refractivity contribution in [3.8, 4) is 0 Å². The molecule has 0 radical (unpaired) electrons. The van der Waals surface area contributed by atoms with E-state index in [0.29, 0.717) is 12.2 Å². The molecule has 0 saturated carbocycles. The van der Waals surface area contributed by atoms with Crippen LogP contribution in [0.4, 0.5) is 0 Å². The first-order valence-electron chi connectivity index (χ1n) is 6.93. The Kier molecular flexibility index (Phi) is 6.26. The fourth-order valence-corrected chi connectivity index (χ4v) is 2.14. The predicted molar refractivity (Wildman–Crippen MR) is 75.4 cm³/mol. The molecule has 19 heavy (non-hydrogen) atoms. The minimum Gasteiger partial charge on any atom is -0.465 e. The normalized spacial score (nSPS) is 10.3. The van der Waals surface area contributed by atoms with E-state index in [-0.39, 0.29) is 12.2 Å². The SMILES string of the molecule is CCCOC(=O)CC(=O)c1cccc(CC)c1CC. The molecule has 0 fully saturated rings. The summed E-state index contributed by atoms with van der Waals surface area (Å²) in [6, 6.07) is 5.71. The second-order valence-electron chi connectivity index (χ2n) is 4.47. The van der Waals surface area contributed by atoms with Crippen LogP contribution >= 0.6 is 0 Å². The molecule has 0 aromatic heterocycles. The highest BCUT2D eigenvalue weighted by atomic mass is 16.5. The number of aryl methyl sites for hydroxylation is 1. The van der Waals surface area contributed by atoms with Crippen molar-refractivity contribution in [2.24, 2.45) is 0 Å². The van der Waals surface area contributed by atoms with E-state index < -0.39 is 5.97 Å². The number of hydrogen-bond donors (Lipinski definition) is 0. The molecule has 3 heteroatoms. The zero-order chi connectivity index (χ0) is 14.3. The lowest BCUT2D eigenvalue weighted by molar-refractivity contribution is -0.142. The molecule has 0 amide bonds. The topological polar surface area (TPSA) is 43.4 Å². The molecule has 0 bridgehead atoms. The van der Waals surface area contributed by atoms with Crippen LogP contribution < -0.4 is 0 Å². The zero-order valence-corrected chi connectivity index (χ0v) is 12.0. The van der Waals surface area contributed by atoms with E-state index in [1.165, 1.54) is 5.56 Å². The lowest BCUT2D eigenvalue weighted by Gasteiger charge is -2.11. The number of carbonyl (C=O) groups excluding carboxylic acids is 2. The van der Waals surface area contributed by atoms with Gasteiger partial charge in [-0.25, -0.2) is 0 Å². The molecule has 0 spiro atoms. The fraction of sp³-hybridized carbons (Fsp3) is 0.500. The number of ether oxygens (including phenoxy) is 1. The van der Waals surface area contributed by atoms with Crippen molar-refractivity contribution in [1.82, 2.24) is 0 Å². The Balaban J connectivity index is 2.85. The minimum absolute atomic E-state index is 0.145. The van der Waals surface area contributed by atoms with E-state index in [0.717, 1.165) is 24.8 Å². The molecule has 104 valence electrons. The molecule has 3 nitrogen and oxygen atoms in total. The van der Waals surface area contributed by atoms with Crippen LogP contribution in [0.25, 0.3) is 0 Å². The Hall–Kier alpha value is -1.64. The van der Waals surface area contributed by atoms with Crippen molar-refractivity contribution in [2.45, 2.75) is 46.5 Å². The van der Waals surface area contributed by atoms with Crippen molar-refractivity contribution >= 4 is 11.8 Å². The summed E-state index contributed by atoms with van der Waals surface area (Å²) in [6.07, 6.45) is 2.30. The summed E-state index contributed by atoms with van der Waals surface area (Å²) in [5.74, 6) is -0.580. The standard InChI is InChI=1S/C16H22O3/c1-4-10-19-16(18)11-15(17)14-9-7-8-12(5-2)13(14)6-3/h7-9H,4-6,10-11H2,1-3H3. The molecule has 0 aliphatic rings. The smallest absolute Gasteiger partial charge is 0.313 e. The number of esters is 1. The third-order valence-electron chi connectivity index (χ3n) is 3.08. The zero-order valence-electron chi connectivity index (χ0n) is 12.0. The summed E-state index contributed by atoms with van der Waals surface area (Å²) >= 11 is 0. The van der Waals surface area contributed by atoms with E-state index in [1.54, 1.807) is 6.07 Å². The predicted octanol–water partition coefficient (Wildman–Crippen LogP) is 3.34. The number of benzene rings is 1. The van der Waals surface area contributed by atoms with Crippen LogP contribution in [-0.2, 0) is 22.4 Å². The lowest BCUT2D eigenvalue weighted by atomic mass is 9.94. The van der Waals surface area contributed by atoms with Crippen LogP contribution in [0.15, 0.2) is 18.2 Å². The highest BCUT2D eigenvalue weighted by Gasteiger charge is 2.16. The molecular weight excluding hydrogens is 240 g/mol. The van der Waals surface area contributed by atoms with Gasteiger partial charge < -0.3 is 4.74 Å². The van der Waals surface area contributed by atoms with Gasteiger partial charge >= 0.3 is 5.97 Å². The third kappa shape index (κ3) is 4.19. The monoisotopic (exact) mass is 262 g/mol. The van der Waals surface area contributed by atoms with Gasteiger partial charge in [0, 0.05) is 5.56 Å². The van der Waals surface area contributed by atoms with Crippen molar-refractivity contribution in [3.63, 3.8) is 0 Å². The van der Waals surface area contributed by atoms with Crippen LogP contribution in [0.3, 0.4) is 0 Å². The minimum atomic E-state index is -0.434. The molecule has 0 unspecified atom stereocenters. The summed E-state index contributed by atoms with van der Waals surface area (Å²) in [7, 11) is 0. The van der Waals surface area contributed by atoms with Crippen LogP contribution in [-0.4, -0.2) is 18.4 Å². The number of ketones is 1. The van der Waals surface area contributed by atoms with Gasteiger partial charge in [-0.2, -0.15) is 0 Å². The van der Waals surface area contributed by atoms with E-state index in [4.69, 9.17) is 4.74 Å². The van der Waals surface area contributed by atoms with Gasteiger partial charge in [-0.15, -0.1) is 0 Å². The van der Waals surface area contributed by atoms with Gasteiger partial charge in [0.05, 0.1) is 6.61 Å². The summed E-state index contributed by atoms with van der Waals surface area (Å²) in [4.78, 5) is 23.7. The Bertz CT molecular complexity index is 449. The molecule has 0 saturated heterocycles. The van der Waals surface area contributed by atoms with Gasteiger partial charge in [-0.1, -0.05) is 39.0 Å². The van der Waals surface area contributed by atoms with E-state index in [1.807, 2.05) is 26.0 Å². The van der Waals surface area contributed by atoms with Gasteiger partial charge in [0.25, 0.3) is 0 Å². The van der Waals surface area contributed by atoms with E-state index in [9.17, 15) is 9.59 Å². The summed E-state index contributed by atoms with van der Waals surface area (Å²) in [6.45, 7) is 6.40. The molecular formula is C16H22O3. The van der Waals surface area contributed by atoms with Gasteiger partial charge in [0.2, 0.25) is 0 Å². The molecule has 0 N–H and O–H groups in total. The van der Waals surface area contributed by atoms with Gasteiger partial charge in [-0.3, -0.25) is 9.59 Å². The second-order valence-corrected chi connectivity index (χ2v) is 4.47. The average Bonchev–Trinajstić information content (AvgIpc) is 2.43. The maximum atomic E-state index is 12.2. The van der Waals surface area contributed by atoms with Gasteiger partial charge in [-0.05, 0) is 30.4 Å². The Morgan fingerprint density at radius 2 is 1.84 bits per heavy atom. The number of hydrogen-bond acceptors (Lipinski definition) is 3. The fourth-order valence-electron chi connectivity index (χ4n) is 2.14. The van der Waals surface area contributed by atoms with Gasteiger partial charge in [0.1, 0.15) is 6.42 Å². The van der Waals surface area contributed by atoms with Crippen molar-refractivity contribution in [3.05, 3.63) is 34.9 Å². The Morgan fingerprint density at radius 1 is 1.11 bits per heavy atom. The molecule has 1 rings (SSSR count). The van der Waals surface area contributed by atoms with Crippen LogP contribution in [0.1, 0.15) is 55.1 Å². The van der Waals surface area contributed by atoms with Crippen molar-refractivity contribution in [2.75, 3.05) is 6.61 Å². The Morgan fingerprint density at radius 3 is 2.42 bits per heavy atom. The molecule has 1 aromatic carbocycles. The third-order valence-corrected chi connectivity index (χ3v) is 3.08. The molecule has 0 aliphatic heterocycles. The highest BCUT2D eigenvalue weighted by molar-refractivity contribution is 6.07. The quantitative estimate of drug-likeness (QED) is 0.430. The lowest BCUT2D eigenvalue weighted by Crippen LogP contribution is -2.14. The highest BCUT2D eigenvalue weighted by Crippen LogP contribution is 2.18. The first-order valence-corrected chi connectivity index (χ1v) is 6.93. The summed E-state index contributed by atoms with van der Waals surface area (Å²) < 4.78 is 4.95. The Labute approximate surface area is 115 Å². The molecule has 0 heterocycles. The number of carbonyl (C=O) groups is 2. The van der Waals surface area contributed by atoms with E-state index in [2.05, 4.69) is 6.92 Å². The van der Waals surface area contributed by atoms with Crippen LogP contribution in [0, 0.1) is 0 Å². The molecule has 0 aliphatic carbocycles. The largest absolute Gasteiger partial charge is 0.465 e.